The number of amides is 1. The van der Waals surface area contributed by atoms with Crippen molar-refractivity contribution in [2.45, 2.75) is 26.7 Å². The molecule has 1 aromatic carbocycles. The van der Waals surface area contributed by atoms with Crippen LogP contribution in [0.3, 0.4) is 0 Å². The van der Waals surface area contributed by atoms with E-state index in [9.17, 15) is 20.0 Å². The van der Waals surface area contributed by atoms with E-state index in [1.165, 1.54) is 23.5 Å². The van der Waals surface area contributed by atoms with Gasteiger partial charge in [-0.15, -0.1) is 11.3 Å². The SMILES string of the molecule is CCCc1sc(NC(=O)c2ccc(Br)cc2C(=O)O)c(C#N)c1C. The summed E-state index contributed by atoms with van der Waals surface area (Å²) in [5, 5.41) is 21.8. The first-order valence-corrected chi connectivity index (χ1v) is 8.86. The molecule has 0 saturated carbocycles. The molecule has 0 saturated heterocycles. The molecule has 0 aliphatic heterocycles. The Morgan fingerprint density at radius 3 is 2.67 bits per heavy atom. The van der Waals surface area contributed by atoms with Crippen molar-refractivity contribution >= 4 is 44.1 Å². The average Bonchev–Trinajstić information content (AvgIpc) is 2.82. The number of carbonyl (C=O) groups excluding carboxylic acids is 1. The van der Waals surface area contributed by atoms with Crippen LogP contribution in [-0.2, 0) is 6.42 Å². The van der Waals surface area contributed by atoms with Crippen molar-refractivity contribution < 1.29 is 14.7 Å². The zero-order valence-corrected chi connectivity index (χ0v) is 15.5. The highest BCUT2D eigenvalue weighted by molar-refractivity contribution is 9.10. The van der Waals surface area contributed by atoms with E-state index in [1.54, 1.807) is 6.07 Å². The highest BCUT2D eigenvalue weighted by Crippen LogP contribution is 2.33. The second-order valence-corrected chi connectivity index (χ2v) is 7.19. The van der Waals surface area contributed by atoms with Gasteiger partial charge in [-0.1, -0.05) is 29.3 Å². The third kappa shape index (κ3) is 3.66. The number of nitrogens with one attached hydrogen (secondary N) is 1. The lowest BCUT2D eigenvalue weighted by Gasteiger charge is -2.07. The Kier molecular flexibility index (Phi) is 5.75. The van der Waals surface area contributed by atoms with Crippen LogP contribution in [0.2, 0.25) is 0 Å². The van der Waals surface area contributed by atoms with Gasteiger partial charge in [-0.2, -0.15) is 5.26 Å². The smallest absolute Gasteiger partial charge is 0.336 e. The minimum Gasteiger partial charge on any atom is -0.478 e. The molecule has 5 nitrogen and oxygen atoms in total. The first-order chi connectivity index (χ1) is 11.4. The van der Waals surface area contributed by atoms with Crippen LogP contribution in [0.4, 0.5) is 5.00 Å². The third-order valence-corrected chi connectivity index (χ3v) is 5.28. The summed E-state index contributed by atoms with van der Waals surface area (Å²) in [7, 11) is 0. The number of nitrogens with zero attached hydrogens (tertiary/aromatic N) is 1. The van der Waals surface area contributed by atoms with Gasteiger partial charge in [0.2, 0.25) is 0 Å². The molecule has 2 aromatic rings. The zero-order chi connectivity index (χ0) is 17.9. The number of hydrogen-bond acceptors (Lipinski definition) is 4. The Morgan fingerprint density at radius 2 is 2.08 bits per heavy atom. The fourth-order valence-corrected chi connectivity index (χ4v) is 3.92. The molecule has 2 rings (SSSR count). The van der Waals surface area contributed by atoms with Crippen LogP contribution in [0.15, 0.2) is 22.7 Å². The Labute approximate surface area is 152 Å². The molecule has 0 aliphatic rings. The monoisotopic (exact) mass is 406 g/mol. The maximum absolute atomic E-state index is 12.5. The van der Waals surface area contributed by atoms with Crippen LogP contribution in [-0.4, -0.2) is 17.0 Å². The molecule has 1 amide bonds. The van der Waals surface area contributed by atoms with Crippen LogP contribution in [0, 0.1) is 18.3 Å². The van der Waals surface area contributed by atoms with Gasteiger partial charge in [0.05, 0.1) is 16.7 Å². The predicted octanol–water partition coefficient (Wildman–Crippen LogP) is 4.59. The summed E-state index contributed by atoms with van der Waals surface area (Å²) in [6.07, 6.45) is 1.77. The summed E-state index contributed by atoms with van der Waals surface area (Å²) in [5.41, 5.74) is 1.26. The molecular weight excluding hydrogens is 392 g/mol. The number of carboxylic acids is 1. The van der Waals surface area contributed by atoms with Crippen molar-refractivity contribution in [2.75, 3.05) is 5.32 Å². The summed E-state index contributed by atoms with van der Waals surface area (Å²) in [6, 6.07) is 6.55. The average molecular weight is 407 g/mol. The van der Waals surface area contributed by atoms with Crippen molar-refractivity contribution in [2.24, 2.45) is 0 Å². The molecular formula is C17H15BrN2O3S. The number of halogens is 1. The molecule has 0 spiro atoms. The fourth-order valence-electron chi connectivity index (χ4n) is 2.31. The molecule has 24 heavy (non-hydrogen) atoms. The molecule has 0 radical (unpaired) electrons. The summed E-state index contributed by atoms with van der Waals surface area (Å²) in [6.45, 7) is 3.91. The minimum atomic E-state index is -1.18. The van der Waals surface area contributed by atoms with Gasteiger partial charge >= 0.3 is 5.97 Å². The second kappa shape index (κ2) is 7.60. The molecule has 0 unspecified atom stereocenters. The number of aryl methyl sites for hydroxylation is 1. The van der Waals surface area contributed by atoms with Crippen molar-refractivity contribution in [1.29, 1.82) is 5.26 Å². The van der Waals surface area contributed by atoms with Gasteiger partial charge in [0.25, 0.3) is 5.91 Å². The number of aromatic carboxylic acids is 1. The van der Waals surface area contributed by atoms with Gasteiger partial charge in [-0.3, -0.25) is 4.79 Å². The molecule has 1 heterocycles. The van der Waals surface area contributed by atoms with E-state index in [1.807, 2.05) is 13.8 Å². The van der Waals surface area contributed by atoms with Crippen molar-refractivity contribution in [3.05, 3.63) is 49.8 Å². The molecule has 0 aliphatic carbocycles. The molecule has 0 fully saturated rings. The zero-order valence-electron chi connectivity index (χ0n) is 13.1. The summed E-state index contributed by atoms with van der Waals surface area (Å²) in [4.78, 5) is 24.9. The first kappa shape index (κ1) is 18.2. The summed E-state index contributed by atoms with van der Waals surface area (Å²) < 4.78 is 0.575. The Balaban J connectivity index is 2.39. The Bertz CT molecular complexity index is 852. The highest BCUT2D eigenvalue weighted by atomic mass is 79.9. The number of benzene rings is 1. The van der Waals surface area contributed by atoms with Gasteiger partial charge in [0, 0.05) is 9.35 Å². The lowest BCUT2D eigenvalue weighted by molar-refractivity contribution is 0.0692. The van der Waals surface area contributed by atoms with Crippen LogP contribution in [0.1, 0.15) is 50.1 Å². The predicted molar refractivity (Wildman–Crippen MR) is 96.8 cm³/mol. The summed E-state index contributed by atoms with van der Waals surface area (Å²) >= 11 is 4.56. The maximum atomic E-state index is 12.5. The molecule has 2 N–H and O–H groups in total. The maximum Gasteiger partial charge on any atom is 0.336 e. The molecule has 7 heteroatoms. The molecule has 0 atom stereocenters. The van der Waals surface area contributed by atoms with Crippen LogP contribution < -0.4 is 5.32 Å². The van der Waals surface area contributed by atoms with E-state index in [4.69, 9.17) is 0 Å². The van der Waals surface area contributed by atoms with Crippen molar-refractivity contribution in [1.82, 2.24) is 0 Å². The highest BCUT2D eigenvalue weighted by Gasteiger charge is 2.21. The Morgan fingerprint density at radius 1 is 1.38 bits per heavy atom. The standard InChI is InChI=1S/C17H15BrN2O3S/c1-3-4-14-9(2)13(8-19)16(24-14)20-15(21)11-6-5-10(18)7-12(11)17(22)23/h5-7H,3-4H2,1-2H3,(H,20,21)(H,22,23). The van der Waals surface area contributed by atoms with E-state index < -0.39 is 11.9 Å². The third-order valence-electron chi connectivity index (χ3n) is 3.52. The van der Waals surface area contributed by atoms with Crippen LogP contribution in [0.25, 0.3) is 0 Å². The normalized spacial score (nSPS) is 10.2. The van der Waals surface area contributed by atoms with E-state index in [2.05, 4.69) is 27.3 Å². The van der Waals surface area contributed by atoms with Crippen molar-refractivity contribution in [3.63, 3.8) is 0 Å². The quantitative estimate of drug-likeness (QED) is 0.759. The van der Waals surface area contributed by atoms with Gasteiger partial charge in [-0.05, 0) is 37.1 Å². The van der Waals surface area contributed by atoms with Crippen LogP contribution >= 0.6 is 27.3 Å². The van der Waals surface area contributed by atoms with Gasteiger partial charge in [-0.25, -0.2) is 4.79 Å². The van der Waals surface area contributed by atoms with E-state index in [-0.39, 0.29) is 11.1 Å². The number of nitriles is 1. The van der Waals surface area contributed by atoms with Gasteiger partial charge in [0.15, 0.2) is 0 Å². The second-order valence-electron chi connectivity index (χ2n) is 5.17. The molecule has 1 aromatic heterocycles. The Hall–Kier alpha value is -2.17. The van der Waals surface area contributed by atoms with Crippen LogP contribution in [0.5, 0.6) is 0 Å². The minimum absolute atomic E-state index is 0.0534. The lowest BCUT2D eigenvalue weighted by Crippen LogP contribution is -2.16. The number of anilines is 1. The number of hydrogen-bond donors (Lipinski definition) is 2. The van der Waals surface area contributed by atoms with E-state index in [0.717, 1.165) is 23.3 Å². The lowest BCUT2D eigenvalue weighted by atomic mass is 10.1. The number of thiophene rings is 1. The number of carbonyl (C=O) groups is 2. The van der Waals surface area contributed by atoms with Crippen molar-refractivity contribution in [3.8, 4) is 6.07 Å². The largest absolute Gasteiger partial charge is 0.478 e. The topological polar surface area (TPSA) is 90.2 Å². The van der Waals surface area contributed by atoms with Gasteiger partial charge in [0.1, 0.15) is 11.1 Å². The summed E-state index contributed by atoms with van der Waals surface area (Å²) in [5.74, 6) is -1.73. The fraction of sp³-hybridized carbons (Fsp3) is 0.235. The molecule has 124 valence electrons. The molecule has 0 bridgehead atoms. The van der Waals surface area contributed by atoms with E-state index >= 15 is 0 Å². The van der Waals surface area contributed by atoms with E-state index in [0.29, 0.717) is 15.0 Å². The first-order valence-electron chi connectivity index (χ1n) is 7.25. The number of rotatable bonds is 5. The van der Waals surface area contributed by atoms with Gasteiger partial charge < -0.3 is 10.4 Å². The number of carboxylic acid groups (broad SMARTS) is 1.